The van der Waals surface area contributed by atoms with E-state index in [1.54, 1.807) is 25.5 Å². The first kappa shape index (κ1) is 14.2. The van der Waals surface area contributed by atoms with Gasteiger partial charge in [-0.3, -0.25) is 0 Å². The van der Waals surface area contributed by atoms with Crippen molar-refractivity contribution >= 4 is 32.3 Å². The smallest absolute Gasteiger partial charge is 0.234 e. The van der Waals surface area contributed by atoms with Crippen LogP contribution in [0.1, 0.15) is 18.4 Å². The monoisotopic (exact) mass is 315 g/mol. The van der Waals surface area contributed by atoms with Crippen LogP contribution in [0.25, 0.3) is 21.0 Å². The van der Waals surface area contributed by atoms with Gasteiger partial charge in [0.25, 0.3) is 5.82 Å². The molecule has 0 saturated heterocycles. The molecule has 0 aliphatic carbocycles. The predicted octanol–water partition coefficient (Wildman–Crippen LogP) is 3.70. The zero-order valence-electron chi connectivity index (χ0n) is 11.5. The van der Waals surface area contributed by atoms with Crippen molar-refractivity contribution in [3.8, 4) is 0 Å². The molecule has 0 aliphatic rings. The summed E-state index contributed by atoms with van der Waals surface area (Å²) in [4.78, 5) is 4.04. The third-order valence-corrected chi connectivity index (χ3v) is 4.63. The highest BCUT2D eigenvalue weighted by Crippen LogP contribution is 2.37. The number of aryl methyl sites for hydroxylation is 2. The molecule has 0 N–H and O–H groups in total. The molecule has 2 nitrogen and oxygen atoms in total. The highest BCUT2D eigenvalue weighted by atomic mass is 32.1. The number of rotatable bonds is 1. The summed E-state index contributed by atoms with van der Waals surface area (Å²) in [6.45, 7) is 3.44. The Morgan fingerprint density at radius 2 is 1.71 bits per heavy atom. The van der Waals surface area contributed by atoms with Crippen LogP contribution in [0.2, 0.25) is 0 Å². The van der Waals surface area contributed by atoms with Crippen LogP contribution in [-0.2, 0) is 13.5 Å². The summed E-state index contributed by atoms with van der Waals surface area (Å²) in [5, 5.41) is -1.95. The molecule has 7 heteroatoms. The van der Waals surface area contributed by atoms with E-state index < -0.39 is 28.0 Å². The van der Waals surface area contributed by atoms with Gasteiger partial charge < -0.3 is 0 Å². The minimum atomic E-state index is -1.35. The van der Waals surface area contributed by atoms with Crippen LogP contribution < -0.4 is 4.57 Å². The number of aromatic nitrogens is 2. The van der Waals surface area contributed by atoms with Crippen molar-refractivity contribution in [1.82, 2.24) is 4.98 Å². The third kappa shape index (κ3) is 1.76. The molecular weight excluding hydrogens is 304 g/mol. The SMILES string of the molecule is CCc1c2c(F)c3c(F)c(F)sc3c(F)c2nc(C)[n+]1C. The van der Waals surface area contributed by atoms with Crippen molar-refractivity contribution in [1.29, 1.82) is 0 Å². The average Bonchev–Trinajstić information content (AvgIpc) is 2.75. The summed E-state index contributed by atoms with van der Waals surface area (Å²) in [5.41, 5.74) is 0.301. The van der Waals surface area contributed by atoms with Crippen molar-refractivity contribution < 1.29 is 22.1 Å². The molecule has 0 radical (unpaired) electrons. The third-order valence-electron chi connectivity index (χ3n) is 3.68. The molecule has 0 unspecified atom stereocenters. The van der Waals surface area contributed by atoms with E-state index in [2.05, 4.69) is 4.98 Å². The van der Waals surface area contributed by atoms with Gasteiger partial charge in [-0.2, -0.15) is 4.39 Å². The quantitative estimate of drug-likeness (QED) is 0.494. The van der Waals surface area contributed by atoms with Gasteiger partial charge in [0.05, 0.1) is 17.1 Å². The number of benzene rings is 1. The molecule has 0 spiro atoms. The second kappa shape index (κ2) is 4.62. The second-order valence-electron chi connectivity index (χ2n) is 4.76. The van der Waals surface area contributed by atoms with Crippen molar-refractivity contribution in [3.63, 3.8) is 0 Å². The predicted molar refractivity (Wildman–Crippen MR) is 72.2 cm³/mol. The fourth-order valence-corrected chi connectivity index (χ4v) is 3.40. The molecule has 0 amide bonds. The van der Waals surface area contributed by atoms with Crippen molar-refractivity contribution in [2.24, 2.45) is 7.05 Å². The van der Waals surface area contributed by atoms with Crippen molar-refractivity contribution in [2.45, 2.75) is 20.3 Å². The van der Waals surface area contributed by atoms with E-state index in [1.165, 1.54) is 0 Å². The molecule has 1 aromatic carbocycles. The van der Waals surface area contributed by atoms with Gasteiger partial charge >= 0.3 is 0 Å². The first-order chi connectivity index (χ1) is 9.88. The molecule has 3 rings (SSSR count). The topological polar surface area (TPSA) is 16.8 Å². The fraction of sp³-hybridized carbons (Fsp3) is 0.286. The van der Waals surface area contributed by atoms with Crippen LogP contribution in [0, 0.1) is 29.5 Å². The summed E-state index contributed by atoms with van der Waals surface area (Å²) in [6.07, 6.45) is 0.409. The van der Waals surface area contributed by atoms with Crippen LogP contribution >= 0.6 is 11.3 Å². The van der Waals surface area contributed by atoms with Crippen molar-refractivity contribution in [2.75, 3.05) is 0 Å². The Labute approximate surface area is 121 Å². The maximum atomic E-state index is 14.7. The van der Waals surface area contributed by atoms with E-state index in [0.29, 0.717) is 17.9 Å². The van der Waals surface area contributed by atoms with Gasteiger partial charge in [-0.05, 0) is 4.98 Å². The molecule has 110 valence electrons. The molecule has 0 saturated carbocycles. The lowest BCUT2D eigenvalue weighted by Gasteiger charge is -2.07. The minimum absolute atomic E-state index is 0.0905. The van der Waals surface area contributed by atoms with Crippen LogP contribution in [0.15, 0.2) is 0 Å². The van der Waals surface area contributed by atoms with E-state index >= 15 is 0 Å². The number of halogens is 4. The number of nitrogens with zero attached hydrogens (tertiary/aromatic N) is 2. The number of thiophene rings is 1. The van der Waals surface area contributed by atoms with Crippen LogP contribution in [0.5, 0.6) is 0 Å². The highest BCUT2D eigenvalue weighted by Gasteiger charge is 2.29. The molecule has 0 atom stereocenters. The first-order valence-electron chi connectivity index (χ1n) is 6.32. The van der Waals surface area contributed by atoms with Crippen LogP contribution in [-0.4, -0.2) is 4.98 Å². The maximum Gasteiger partial charge on any atom is 0.296 e. The van der Waals surface area contributed by atoms with Gasteiger partial charge in [0.2, 0.25) is 10.6 Å². The van der Waals surface area contributed by atoms with E-state index in [4.69, 9.17) is 0 Å². The highest BCUT2D eigenvalue weighted by molar-refractivity contribution is 7.17. The number of hydrogen-bond donors (Lipinski definition) is 0. The first-order valence-corrected chi connectivity index (χ1v) is 7.13. The Morgan fingerprint density at radius 3 is 2.33 bits per heavy atom. The largest absolute Gasteiger partial charge is 0.296 e. The number of hydrogen-bond acceptors (Lipinski definition) is 2. The molecule has 0 aliphatic heterocycles. The lowest BCUT2D eigenvalue weighted by Crippen LogP contribution is -2.38. The standard InChI is InChI=1S/C14H11F4N2S/c1-4-6-7-9(15)8-10(16)14(18)21-13(8)11(17)12(7)19-5(2)20(6)3/h4H2,1-3H3/q+1. The Kier molecular flexibility index (Phi) is 3.12. The summed E-state index contributed by atoms with van der Waals surface area (Å²) in [6, 6.07) is 0. The van der Waals surface area contributed by atoms with Crippen LogP contribution in [0.4, 0.5) is 17.6 Å². The lowest BCUT2D eigenvalue weighted by atomic mass is 10.1. The number of fused-ring (bicyclic) bond motifs is 2. The Hall–Kier alpha value is -1.76. The van der Waals surface area contributed by atoms with E-state index in [1.807, 2.05) is 0 Å². The molecular formula is C14H11F4N2S+. The van der Waals surface area contributed by atoms with E-state index in [-0.39, 0.29) is 26.9 Å². The second-order valence-corrected chi connectivity index (χ2v) is 5.73. The summed E-state index contributed by atoms with van der Waals surface area (Å²) in [7, 11) is 1.67. The Morgan fingerprint density at radius 1 is 1.05 bits per heavy atom. The average molecular weight is 315 g/mol. The molecule has 0 fully saturated rings. The van der Waals surface area contributed by atoms with E-state index in [9.17, 15) is 17.6 Å². The summed E-state index contributed by atoms with van der Waals surface area (Å²) >= 11 is 0.254. The fourth-order valence-electron chi connectivity index (χ4n) is 2.56. The molecule has 2 aromatic heterocycles. The maximum absolute atomic E-state index is 14.7. The Balaban J connectivity index is 2.68. The molecule has 0 bridgehead atoms. The van der Waals surface area contributed by atoms with Gasteiger partial charge in [0.15, 0.2) is 17.5 Å². The van der Waals surface area contributed by atoms with E-state index in [0.717, 1.165) is 0 Å². The zero-order valence-corrected chi connectivity index (χ0v) is 12.3. The molecule has 2 heterocycles. The summed E-state index contributed by atoms with van der Waals surface area (Å²) < 4.78 is 57.5. The summed E-state index contributed by atoms with van der Waals surface area (Å²) in [5.74, 6) is -2.69. The molecule has 3 aromatic rings. The van der Waals surface area contributed by atoms with Gasteiger partial charge in [-0.1, -0.05) is 18.3 Å². The van der Waals surface area contributed by atoms with Crippen molar-refractivity contribution in [3.05, 3.63) is 34.1 Å². The van der Waals surface area contributed by atoms with Gasteiger partial charge in [-0.15, -0.1) is 0 Å². The van der Waals surface area contributed by atoms with Gasteiger partial charge in [0, 0.05) is 13.3 Å². The van der Waals surface area contributed by atoms with Gasteiger partial charge in [-0.25, -0.2) is 17.7 Å². The van der Waals surface area contributed by atoms with Gasteiger partial charge in [0.1, 0.15) is 11.1 Å². The normalized spacial score (nSPS) is 11.8. The zero-order chi connectivity index (χ0) is 15.5. The Bertz CT molecular complexity index is 902. The van der Waals surface area contributed by atoms with Crippen LogP contribution in [0.3, 0.4) is 0 Å². The molecule has 21 heavy (non-hydrogen) atoms. The minimum Gasteiger partial charge on any atom is -0.234 e. The lowest BCUT2D eigenvalue weighted by molar-refractivity contribution is -0.686.